The van der Waals surface area contributed by atoms with Crippen LogP contribution >= 0.6 is 0 Å². The summed E-state index contributed by atoms with van der Waals surface area (Å²) < 4.78 is 16.9. The van der Waals surface area contributed by atoms with Gasteiger partial charge in [-0.1, -0.05) is 71.3 Å². The topological polar surface area (TPSA) is 61.8 Å². The summed E-state index contributed by atoms with van der Waals surface area (Å²) >= 11 is 0. The number of unbranched alkanes of at least 4 members (excludes halogenated alkanes) is 4. The quantitative estimate of drug-likeness (QED) is 0.0973. The predicted molar refractivity (Wildman–Crippen MR) is 146 cm³/mol. The molecule has 1 rings (SSSR count). The first-order valence-electron chi connectivity index (χ1n) is 13.4. The van der Waals surface area contributed by atoms with Crippen molar-refractivity contribution in [3.63, 3.8) is 0 Å². The molecule has 0 aromatic heterocycles. The molecule has 0 fully saturated rings. The molecule has 1 aliphatic carbocycles. The van der Waals surface area contributed by atoms with Gasteiger partial charge in [-0.3, -0.25) is 4.79 Å². The highest BCUT2D eigenvalue weighted by Gasteiger charge is 2.40. The molecule has 5 nitrogen and oxygen atoms in total. The number of esters is 2. The number of rotatable bonds is 15. The lowest BCUT2D eigenvalue weighted by molar-refractivity contribution is -0.149. The van der Waals surface area contributed by atoms with Crippen molar-refractivity contribution in [3.05, 3.63) is 35.6 Å². The first-order valence-corrected chi connectivity index (χ1v) is 16.3. The fourth-order valence-electron chi connectivity index (χ4n) is 4.01. The van der Waals surface area contributed by atoms with Gasteiger partial charge in [0.15, 0.2) is 8.32 Å². The van der Waals surface area contributed by atoms with Gasteiger partial charge in [-0.25, -0.2) is 4.79 Å². The van der Waals surface area contributed by atoms with E-state index in [0.29, 0.717) is 12.3 Å². The molecule has 0 amide bonds. The molecule has 0 saturated heterocycles. The third-order valence-electron chi connectivity index (χ3n) is 7.15. The molecule has 0 saturated carbocycles. The summed E-state index contributed by atoms with van der Waals surface area (Å²) in [6.45, 7) is 14.5. The first-order chi connectivity index (χ1) is 16.4. The monoisotopic (exact) mass is 506 g/mol. The number of allylic oxidation sites excluding steroid dienone is 6. The summed E-state index contributed by atoms with van der Waals surface area (Å²) in [4.78, 5) is 23.9. The predicted octanol–water partition coefficient (Wildman–Crippen LogP) is 8.03. The van der Waals surface area contributed by atoms with E-state index in [9.17, 15) is 9.59 Å². The van der Waals surface area contributed by atoms with Crippen LogP contribution in [-0.4, -0.2) is 33.5 Å². The van der Waals surface area contributed by atoms with E-state index in [1.807, 2.05) is 0 Å². The van der Waals surface area contributed by atoms with E-state index in [0.717, 1.165) is 37.9 Å². The highest BCUT2D eigenvalue weighted by molar-refractivity contribution is 6.74. The average Bonchev–Trinajstić information content (AvgIpc) is 3.14. The number of ether oxygens (including phenoxy) is 2. The minimum Gasteiger partial charge on any atom is -0.467 e. The van der Waals surface area contributed by atoms with Crippen LogP contribution in [0.25, 0.3) is 0 Å². The molecule has 0 aliphatic heterocycles. The van der Waals surface area contributed by atoms with E-state index in [4.69, 9.17) is 13.9 Å². The number of hydrogen-bond donors (Lipinski definition) is 0. The van der Waals surface area contributed by atoms with E-state index in [1.54, 1.807) is 0 Å². The van der Waals surface area contributed by atoms with Crippen LogP contribution in [-0.2, 0) is 23.5 Å². The summed E-state index contributed by atoms with van der Waals surface area (Å²) in [6.07, 6.45) is 18.3. The summed E-state index contributed by atoms with van der Waals surface area (Å²) in [7, 11) is -0.666. The molecule has 0 heterocycles. The number of carbonyl (C=O) groups excluding carboxylic acids is 2. The van der Waals surface area contributed by atoms with Crippen LogP contribution in [0.3, 0.4) is 0 Å². The van der Waals surface area contributed by atoms with Gasteiger partial charge >= 0.3 is 11.9 Å². The second kappa shape index (κ2) is 15.4. The lowest BCUT2D eigenvalue weighted by atomic mass is 9.97. The third-order valence-corrected chi connectivity index (χ3v) is 11.6. The average molecular weight is 507 g/mol. The Morgan fingerprint density at radius 1 is 1.09 bits per heavy atom. The largest absolute Gasteiger partial charge is 0.467 e. The first kappa shape index (κ1) is 31.4. The van der Waals surface area contributed by atoms with Crippen molar-refractivity contribution >= 4 is 20.3 Å². The zero-order valence-corrected chi connectivity index (χ0v) is 24.6. The molecule has 0 aromatic carbocycles. The molecule has 2 atom stereocenters. The minimum atomic E-state index is -2.08. The fourth-order valence-corrected chi connectivity index (χ4v) is 5.29. The SMILES string of the molecule is CCCCCCC=C[C@H]1CCC(OC(C)=O)=C1CC=CCCC(O[Si](C)(C)C(C)(C)C)C(=O)OC. The molecule has 200 valence electrons. The second-order valence-electron chi connectivity index (χ2n) is 11.1. The van der Waals surface area contributed by atoms with E-state index in [1.165, 1.54) is 45.3 Å². The zero-order valence-electron chi connectivity index (χ0n) is 23.6. The Morgan fingerprint density at radius 2 is 1.80 bits per heavy atom. The van der Waals surface area contributed by atoms with E-state index >= 15 is 0 Å². The summed E-state index contributed by atoms with van der Waals surface area (Å²) in [5.74, 6) is 0.596. The maximum atomic E-state index is 12.3. The Bertz CT molecular complexity index is 758. The molecule has 0 bridgehead atoms. The van der Waals surface area contributed by atoms with Gasteiger partial charge in [-0.2, -0.15) is 0 Å². The fraction of sp³-hybridized carbons (Fsp3) is 0.724. The smallest absolute Gasteiger partial charge is 0.333 e. The Hall–Kier alpha value is -1.66. The van der Waals surface area contributed by atoms with E-state index < -0.39 is 14.4 Å². The highest BCUT2D eigenvalue weighted by atomic mass is 28.4. The van der Waals surface area contributed by atoms with Gasteiger partial charge in [0, 0.05) is 19.3 Å². The molecule has 1 unspecified atom stereocenters. The van der Waals surface area contributed by atoms with Gasteiger partial charge in [0.1, 0.15) is 11.9 Å². The Kier molecular flexibility index (Phi) is 13.8. The maximum absolute atomic E-state index is 12.3. The van der Waals surface area contributed by atoms with Gasteiger partial charge in [0.25, 0.3) is 0 Å². The number of carbonyl (C=O) groups is 2. The van der Waals surface area contributed by atoms with Crippen LogP contribution in [0.5, 0.6) is 0 Å². The summed E-state index contributed by atoms with van der Waals surface area (Å²) in [5, 5.41) is 0.0235. The van der Waals surface area contributed by atoms with Crippen molar-refractivity contribution in [2.45, 2.75) is 123 Å². The van der Waals surface area contributed by atoms with Crippen LogP contribution in [0.4, 0.5) is 0 Å². The summed E-state index contributed by atoms with van der Waals surface area (Å²) in [6, 6.07) is 0. The van der Waals surface area contributed by atoms with Crippen LogP contribution in [0.1, 0.15) is 98.8 Å². The van der Waals surface area contributed by atoms with Crippen molar-refractivity contribution in [1.29, 1.82) is 0 Å². The normalized spacial score (nSPS) is 18.0. The van der Waals surface area contributed by atoms with Gasteiger partial charge in [0.05, 0.1) is 7.11 Å². The van der Waals surface area contributed by atoms with Crippen LogP contribution in [0, 0.1) is 5.92 Å². The zero-order chi connectivity index (χ0) is 26.5. The molecule has 0 aromatic rings. The Morgan fingerprint density at radius 3 is 2.40 bits per heavy atom. The summed E-state index contributed by atoms with van der Waals surface area (Å²) in [5.41, 5.74) is 1.20. The lowest BCUT2D eigenvalue weighted by Crippen LogP contribution is -2.46. The van der Waals surface area contributed by atoms with Crippen molar-refractivity contribution < 1.29 is 23.5 Å². The van der Waals surface area contributed by atoms with E-state index in [2.05, 4.69) is 65.1 Å². The molecular weight excluding hydrogens is 456 g/mol. The number of methoxy groups -OCH3 is 1. The van der Waals surface area contributed by atoms with Crippen molar-refractivity contribution in [3.8, 4) is 0 Å². The molecule has 1 aliphatic rings. The van der Waals surface area contributed by atoms with Gasteiger partial charge in [-0.05, 0) is 62.2 Å². The number of hydrogen-bond acceptors (Lipinski definition) is 5. The van der Waals surface area contributed by atoms with Gasteiger partial charge in [0.2, 0.25) is 0 Å². The molecule has 0 spiro atoms. The van der Waals surface area contributed by atoms with Crippen molar-refractivity contribution in [2.75, 3.05) is 7.11 Å². The van der Waals surface area contributed by atoms with Crippen LogP contribution in [0.2, 0.25) is 18.1 Å². The van der Waals surface area contributed by atoms with Crippen molar-refractivity contribution in [2.24, 2.45) is 5.92 Å². The standard InChI is InChI=1S/C29H50O5Si/c1-9-10-11-12-13-15-18-24-21-22-26(33-23(2)30)25(24)19-16-14-17-20-27(28(31)32-6)34-35(7,8)29(3,4)5/h14-16,18,24,27H,9-13,17,19-22H2,1-8H3/t24-,27?/m0/s1. The molecule has 6 heteroatoms. The molecule has 0 radical (unpaired) electrons. The van der Waals surface area contributed by atoms with Crippen LogP contribution in [0.15, 0.2) is 35.6 Å². The third kappa shape index (κ3) is 11.3. The maximum Gasteiger partial charge on any atom is 0.333 e. The second-order valence-corrected chi connectivity index (χ2v) is 15.9. The molecule has 0 N–H and O–H groups in total. The van der Waals surface area contributed by atoms with Crippen molar-refractivity contribution in [1.82, 2.24) is 0 Å². The Labute approximate surface area is 215 Å². The van der Waals surface area contributed by atoms with Gasteiger partial charge in [-0.15, -0.1) is 0 Å². The van der Waals surface area contributed by atoms with Crippen LogP contribution < -0.4 is 0 Å². The van der Waals surface area contributed by atoms with E-state index in [-0.39, 0.29) is 17.0 Å². The Balaban J connectivity index is 2.75. The molecule has 35 heavy (non-hydrogen) atoms. The lowest BCUT2D eigenvalue weighted by Gasteiger charge is -2.38. The highest BCUT2D eigenvalue weighted by Crippen LogP contribution is 2.38. The molecular formula is C29H50O5Si. The van der Waals surface area contributed by atoms with Gasteiger partial charge < -0.3 is 13.9 Å². The minimum absolute atomic E-state index is 0.0235.